The Morgan fingerprint density at radius 1 is 1.15 bits per heavy atom. The molecular weight excluding hydrogens is 424 g/mol. The topological polar surface area (TPSA) is 52.7 Å². The summed E-state index contributed by atoms with van der Waals surface area (Å²) >= 11 is 0. The fourth-order valence-electron chi connectivity index (χ4n) is 4.64. The predicted octanol–water partition coefficient (Wildman–Crippen LogP) is 4.10. The molecule has 7 heteroatoms. The van der Waals surface area contributed by atoms with Crippen molar-refractivity contribution < 1.29 is 18.4 Å². The highest BCUT2D eigenvalue weighted by Gasteiger charge is 2.34. The summed E-state index contributed by atoms with van der Waals surface area (Å²) in [6, 6.07) is 7.28. The highest BCUT2D eigenvalue weighted by Crippen LogP contribution is 2.34. The summed E-state index contributed by atoms with van der Waals surface area (Å²) < 4.78 is 27.5. The van der Waals surface area contributed by atoms with Gasteiger partial charge >= 0.3 is 0 Å². The van der Waals surface area contributed by atoms with E-state index < -0.39 is 11.6 Å². The number of piperidine rings is 1. The van der Waals surface area contributed by atoms with Gasteiger partial charge in [-0.1, -0.05) is 13.0 Å². The predicted molar refractivity (Wildman–Crippen MR) is 126 cm³/mol. The maximum absolute atomic E-state index is 14.2. The van der Waals surface area contributed by atoms with Crippen LogP contribution in [0.2, 0.25) is 0 Å². The van der Waals surface area contributed by atoms with E-state index in [0.29, 0.717) is 37.1 Å². The molecule has 2 amide bonds. The summed E-state index contributed by atoms with van der Waals surface area (Å²) in [4.78, 5) is 29.4. The zero-order valence-electron chi connectivity index (χ0n) is 20.0. The first-order chi connectivity index (χ1) is 15.6. The van der Waals surface area contributed by atoms with Gasteiger partial charge in [-0.05, 0) is 81.6 Å². The second kappa shape index (κ2) is 10.4. The molecule has 3 rings (SSSR count). The van der Waals surface area contributed by atoms with E-state index in [9.17, 15) is 18.4 Å². The van der Waals surface area contributed by atoms with E-state index in [-0.39, 0.29) is 23.7 Å². The van der Waals surface area contributed by atoms with Crippen molar-refractivity contribution in [2.45, 2.75) is 33.6 Å². The van der Waals surface area contributed by atoms with Gasteiger partial charge in [-0.3, -0.25) is 9.59 Å². The molecule has 1 heterocycles. The Kier molecular flexibility index (Phi) is 7.84. The maximum atomic E-state index is 14.2. The molecule has 0 radical (unpaired) electrons. The van der Waals surface area contributed by atoms with Gasteiger partial charge < -0.3 is 15.1 Å². The van der Waals surface area contributed by atoms with E-state index in [1.54, 1.807) is 4.90 Å². The van der Waals surface area contributed by atoms with Gasteiger partial charge in [-0.2, -0.15) is 0 Å². The lowest BCUT2D eigenvalue weighted by Crippen LogP contribution is -2.46. The van der Waals surface area contributed by atoms with Crippen molar-refractivity contribution in [1.82, 2.24) is 10.2 Å². The lowest BCUT2D eigenvalue weighted by molar-refractivity contribution is -0.124. The summed E-state index contributed by atoms with van der Waals surface area (Å²) in [7, 11) is 3.90. The van der Waals surface area contributed by atoms with Crippen LogP contribution >= 0.6 is 0 Å². The van der Waals surface area contributed by atoms with E-state index in [2.05, 4.69) is 5.32 Å². The third kappa shape index (κ3) is 5.96. The van der Waals surface area contributed by atoms with E-state index in [4.69, 9.17) is 0 Å². The number of benzene rings is 2. The normalized spacial score (nSPS) is 18.7. The van der Waals surface area contributed by atoms with Gasteiger partial charge in [0.1, 0.15) is 11.6 Å². The number of carbonyl (C=O) groups excluding carboxylic acids is 2. The molecule has 0 aliphatic carbocycles. The number of halogens is 2. The number of anilines is 1. The second-order valence-corrected chi connectivity index (χ2v) is 9.41. The zero-order chi connectivity index (χ0) is 24.3. The molecule has 0 spiro atoms. The van der Waals surface area contributed by atoms with Crippen molar-refractivity contribution in [1.29, 1.82) is 0 Å². The number of nitrogens with one attached hydrogen (secondary N) is 1. The second-order valence-electron chi connectivity index (χ2n) is 9.41. The van der Waals surface area contributed by atoms with Crippen LogP contribution in [0.15, 0.2) is 30.3 Å². The van der Waals surface area contributed by atoms with Crippen molar-refractivity contribution in [3.05, 3.63) is 64.2 Å². The molecule has 2 aromatic rings. The standard InChI is InChI=1S/C26H33F2N3O2/c1-16-11-21(25(32)29-8-9-30(4)5)12-17(2)24(16)31-15-19(10-18(3)26(31)33)13-20-6-7-22(27)14-23(20)28/h6-7,11-12,14,18-19H,8-10,13,15H2,1-5H3,(H,29,32)/t18-,19-/m1/s1. The molecule has 0 bridgehead atoms. The van der Waals surface area contributed by atoms with Gasteiger partial charge in [0.15, 0.2) is 0 Å². The van der Waals surface area contributed by atoms with Crippen LogP contribution in [0.4, 0.5) is 14.5 Å². The van der Waals surface area contributed by atoms with Crippen LogP contribution in [0.3, 0.4) is 0 Å². The van der Waals surface area contributed by atoms with Crippen LogP contribution in [0, 0.1) is 37.3 Å². The average molecular weight is 458 g/mol. The minimum Gasteiger partial charge on any atom is -0.351 e. The Morgan fingerprint density at radius 3 is 2.42 bits per heavy atom. The SMILES string of the molecule is Cc1cc(C(=O)NCCN(C)C)cc(C)c1N1C[C@@H](Cc2ccc(F)cc2F)C[C@@H](C)C1=O. The number of aryl methyl sites for hydroxylation is 2. The van der Waals surface area contributed by atoms with Gasteiger partial charge in [-0.15, -0.1) is 0 Å². The van der Waals surface area contributed by atoms with Crippen molar-refractivity contribution >= 4 is 17.5 Å². The zero-order valence-corrected chi connectivity index (χ0v) is 20.0. The van der Waals surface area contributed by atoms with Gasteiger partial charge in [0.05, 0.1) is 0 Å². The third-order valence-corrected chi connectivity index (χ3v) is 6.21. The average Bonchev–Trinajstić information content (AvgIpc) is 2.72. The first kappa shape index (κ1) is 24.8. The molecule has 0 unspecified atom stereocenters. The Balaban J connectivity index is 1.81. The smallest absolute Gasteiger partial charge is 0.251 e. The first-order valence-corrected chi connectivity index (χ1v) is 11.4. The molecule has 33 heavy (non-hydrogen) atoms. The van der Waals surface area contributed by atoms with Crippen LogP contribution in [-0.2, 0) is 11.2 Å². The summed E-state index contributed by atoms with van der Waals surface area (Å²) in [6.07, 6.45) is 1.08. The molecule has 1 saturated heterocycles. The monoisotopic (exact) mass is 457 g/mol. The summed E-state index contributed by atoms with van der Waals surface area (Å²) in [6.45, 7) is 7.45. The molecule has 1 aliphatic heterocycles. The van der Waals surface area contributed by atoms with Gasteiger partial charge in [0.2, 0.25) is 5.91 Å². The van der Waals surface area contributed by atoms with Crippen LogP contribution in [-0.4, -0.2) is 50.4 Å². The molecule has 2 atom stereocenters. The number of carbonyl (C=O) groups is 2. The first-order valence-electron chi connectivity index (χ1n) is 11.4. The number of nitrogens with zero attached hydrogens (tertiary/aromatic N) is 2. The van der Waals surface area contributed by atoms with E-state index >= 15 is 0 Å². The number of likely N-dealkylation sites (N-methyl/N-ethyl adjacent to an activating group) is 1. The number of hydrogen-bond acceptors (Lipinski definition) is 3. The van der Waals surface area contributed by atoms with Crippen molar-refractivity contribution in [3.8, 4) is 0 Å². The molecule has 1 aliphatic rings. The molecule has 1 fully saturated rings. The fraction of sp³-hybridized carbons (Fsp3) is 0.462. The van der Waals surface area contributed by atoms with Crippen molar-refractivity contribution in [3.63, 3.8) is 0 Å². The van der Waals surface area contributed by atoms with Crippen LogP contribution < -0.4 is 10.2 Å². The molecule has 1 N–H and O–H groups in total. The van der Waals surface area contributed by atoms with Crippen molar-refractivity contribution in [2.75, 3.05) is 38.6 Å². The Morgan fingerprint density at radius 2 is 1.82 bits per heavy atom. The Bertz CT molecular complexity index is 1020. The van der Waals surface area contributed by atoms with Crippen LogP contribution in [0.5, 0.6) is 0 Å². The highest BCUT2D eigenvalue weighted by atomic mass is 19.1. The summed E-state index contributed by atoms with van der Waals surface area (Å²) in [5, 5.41) is 2.92. The molecule has 5 nitrogen and oxygen atoms in total. The number of rotatable bonds is 7. The van der Waals surface area contributed by atoms with Gasteiger partial charge in [0.25, 0.3) is 5.91 Å². The van der Waals surface area contributed by atoms with Crippen LogP contribution in [0.1, 0.15) is 40.4 Å². The number of amides is 2. The molecular formula is C26H33F2N3O2. The molecule has 0 aromatic heterocycles. The lowest BCUT2D eigenvalue weighted by Gasteiger charge is -2.38. The Labute approximate surface area is 194 Å². The third-order valence-electron chi connectivity index (χ3n) is 6.21. The van der Waals surface area contributed by atoms with Gasteiger partial charge in [-0.25, -0.2) is 8.78 Å². The largest absolute Gasteiger partial charge is 0.351 e. The van der Waals surface area contributed by atoms with Gasteiger partial charge in [0, 0.05) is 42.9 Å². The molecule has 0 saturated carbocycles. The maximum Gasteiger partial charge on any atom is 0.251 e. The molecule has 178 valence electrons. The lowest BCUT2D eigenvalue weighted by atomic mass is 9.84. The Hall–Kier alpha value is -2.80. The quantitative estimate of drug-likeness (QED) is 0.681. The van der Waals surface area contributed by atoms with E-state index in [1.165, 1.54) is 12.1 Å². The molecule has 2 aromatic carbocycles. The number of hydrogen-bond donors (Lipinski definition) is 1. The summed E-state index contributed by atoms with van der Waals surface area (Å²) in [5.74, 6) is -1.42. The van der Waals surface area contributed by atoms with Crippen LogP contribution in [0.25, 0.3) is 0 Å². The highest BCUT2D eigenvalue weighted by molar-refractivity contribution is 5.99. The van der Waals surface area contributed by atoms with E-state index in [1.807, 2.05) is 51.9 Å². The fourth-order valence-corrected chi connectivity index (χ4v) is 4.64. The minimum atomic E-state index is -0.595. The summed E-state index contributed by atoms with van der Waals surface area (Å²) in [5.41, 5.74) is 3.53. The van der Waals surface area contributed by atoms with E-state index in [0.717, 1.165) is 29.4 Å². The minimum absolute atomic E-state index is 0.0280. The van der Waals surface area contributed by atoms with Crippen molar-refractivity contribution in [2.24, 2.45) is 11.8 Å².